The molecule has 1 aromatic carbocycles. The summed E-state index contributed by atoms with van der Waals surface area (Å²) in [4.78, 5) is 11.4. The van der Waals surface area contributed by atoms with Crippen LogP contribution >= 0.6 is 0 Å². The van der Waals surface area contributed by atoms with Crippen LogP contribution in [0.2, 0.25) is 0 Å². The molecule has 1 aliphatic rings. The van der Waals surface area contributed by atoms with Crippen molar-refractivity contribution >= 4 is 0 Å². The monoisotopic (exact) mass is 351 g/mol. The van der Waals surface area contributed by atoms with Gasteiger partial charge < -0.3 is 4.90 Å². The number of benzene rings is 1. The molecule has 1 fully saturated rings. The van der Waals surface area contributed by atoms with E-state index in [0.717, 1.165) is 35.9 Å². The first-order valence-electron chi connectivity index (χ1n) is 9.31. The van der Waals surface area contributed by atoms with E-state index in [1.807, 2.05) is 22.9 Å². The zero-order valence-electron chi connectivity index (χ0n) is 15.4. The molecule has 3 heterocycles. The van der Waals surface area contributed by atoms with Gasteiger partial charge in [-0.25, -0.2) is 19.3 Å². The highest BCUT2D eigenvalue weighted by Crippen LogP contribution is 2.26. The van der Waals surface area contributed by atoms with Gasteiger partial charge in [0.25, 0.3) is 0 Å². The minimum absolute atomic E-state index is 0.678. The van der Waals surface area contributed by atoms with Crippen molar-refractivity contribution in [1.82, 2.24) is 34.4 Å². The number of rotatable bonds is 5. The van der Waals surface area contributed by atoms with Crippen LogP contribution in [0.25, 0.3) is 17.1 Å². The van der Waals surface area contributed by atoms with Crippen LogP contribution in [-0.2, 0) is 13.0 Å². The minimum atomic E-state index is 0.678. The minimum Gasteiger partial charge on any atom is -0.306 e. The Morgan fingerprint density at radius 2 is 1.96 bits per heavy atom. The van der Waals surface area contributed by atoms with Gasteiger partial charge >= 0.3 is 0 Å². The quantitative estimate of drug-likeness (QED) is 0.706. The highest BCUT2D eigenvalue weighted by molar-refractivity contribution is 5.67. The third-order valence-electron chi connectivity index (χ3n) is 5.14. The number of likely N-dealkylation sites (tertiary alicyclic amines) is 1. The third-order valence-corrected chi connectivity index (χ3v) is 5.14. The van der Waals surface area contributed by atoms with E-state index in [0.29, 0.717) is 5.92 Å². The number of hydrogen-bond acceptors (Lipinski definition) is 5. The lowest BCUT2D eigenvalue weighted by molar-refractivity contribution is 0.217. The molecule has 7 heteroatoms. The first-order valence-corrected chi connectivity index (χ1v) is 9.31. The van der Waals surface area contributed by atoms with E-state index in [9.17, 15) is 0 Å². The van der Waals surface area contributed by atoms with Crippen LogP contribution in [0, 0.1) is 5.92 Å². The number of nitrogens with zero attached hydrogens (tertiary/aromatic N) is 7. The Kier molecular flexibility index (Phi) is 4.79. The molecule has 0 atom stereocenters. The van der Waals surface area contributed by atoms with Gasteiger partial charge in [0.2, 0.25) is 0 Å². The van der Waals surface area contributed by atoms with Crippen molar-refractivity contribution in [3.05, 3.63) is 42.7 Å². The highest BCUT2D eigenvalue weighted by Gasteiger charge is 2.21. The van der Waals surface area contributed by atoms with Gasteiger partial charge in [0.05, 0.1) is 5.69 Å². The molecule has 0 saturated carbocycles. The lowest BCUT2D eigenvalue weighted by Crippen LogP contribution is -2.31. The van der Waals surface area contributed by atoms with E-state index < -0.39 is 0 Å². The van der Waals surface area contributed by atoms with Crippen LogP contribution in [0.5, 0.6) is 0 Å². The average molecular weight is 351 g/mol. The molecule has 3 aromatic rings. The molecule has 0 bridgehead atoms. The number of aromatic nitrogens is 6. The average Bonchev–Trinajstić information content (AvgIpc) is 3.33. The normalized spacial score (nSPS) is 16.2. The van der Waals surface area contributed by atoms with Crippen LogP contribution in [0.1, 0.15) is 25.6 Å². The van der Waals surface area contributed by atoms with Crippen LogP contribution in [0.3, 0.4) is 0 Å². The van der Waals surface area contributed by atoms with E-state index in [2.05, 4.69) is 35.0 Å². The van der Waals surface area contributed by atoms with Crippen molar-refractivity contribution in [3.8, 4) is 17.1 Å². The Morgan fingerprint density at radius 1 is 1.15 bits per heavy atom. The molecular formula is C19H25N7. The Bertz CT molecular complexity index is 845. The van der Waals surface area contributed by atoms with Gasteiger partial charge in [-0.3, -0.25) is 0 Å². The van der Waals surface area contributed by atoms with Crippen molar-refractivity contribution < 1.29 is 0 Å². The maximum Gasteiger partial charge on any atom is 0.160 e. The van der Waals surface area contributed by atoms with E-state index in [1.165, 1.54) is 25.9 Å². The SMILES string of the molecule is CCn1nc(CC2CCN(C)CC2)nc1-c1ccccc1-n1cncn1. The molecule has 0 spiro atoms. The van der Waals surface area contributed by atoms with E-state index in [-0.39, 0.29) is 0 Å². The summed E-state index contributed by atoms with van der Waals surface area (Å²) in [7, 11) is 2.19. The highest BCUT2D eigenvalue weighted by atomic mass is 15.4. The molecular weight excluding hydrogens is 326 g/mol. The molecule has 1 saturated heterocycles. The van der Waals surface area contributed by atoms with E-state index in [1.54, 1.807) is 17.3 Å². The molecule has 0 N–H and O–H groups in total. The summed E-state index contributed by atoms with van der Waals surface area (Å²) < 4.78 is 3.78. The van der Waals surface area contributed by atoms with Gasteiger partial charge in [-0.15, -0.1) is 0 Å². The standard InChI is InChI=1S/C19H25N7/c1-3-25-19(16-6-4-5-7-17(16)26-14-20-13-21-26)22-18(23-25)12-15-8-10-24(2)11-9-15/h4-7,13-15H,3,8-12H2,1-2H3. The summed E-state index contributed by atoms with van der Waals surface area (Å²) in [5.41, 5.74) is 2.00. The van der Waals surface area contributed by atoms with Crippen LogP contribution in [0.15, 0.2) is 36.9 Å². The lowest BCUT2D eigenvalue weighted by Gasteiger charge is -2.28. The van der Waals surface area contributed by atoms with Crippen molar-refractivity contribution in [3.63, 3.8) is 0 Å². The Morgan fingerprint density at radius 3 is 2.69 bits per heavy atom. The summed E-state index contributed by atoms with van der Waals surface area (Å²) in [6, 6.07) is 8.15. The molecule has 0 amide bonds. The first kappa shape index (κ1) is 16.9. The van der Waals surface area contributed by atoms with Crippen molar-refractivity contribution in [1.29, 1.82) is 0 Å². The second-order valence-electron chi connectivity index (χ2n) is 6.98. The number of aryl methyl sites for hydroxylation is 1. The third kappa shape index (κ3) is 3.39. The van der Waals surface area contributed by atoms with E-state index >= 15 is 0 Å². The van der Waals surface area contributed by atoms with Gasteiger partial charge in [-0.05, 0) is 58.0 Å². The van der Waals surface area contributed by atoms with Crippen molar-refractivity contribution in [2.75, 3.05) is 20.1 Å². The topological polar surface area (TPSA) is 64.7 Å². The largest absolute Gasteiger partial charge is 0.306 e. The maximum atomic E-state index is 4.91. The molecule has 4 rings (SSSR count). The molecule has 26 heavy (non-hydrogen) atoms. The summed E-state index contributed by atoms with van der Waals surface area (Å²) in [5.74, 6) is 2.53. The zero-order valence-corrected chi connectivity index (χ0v) is 15.4. The predicted octanol–water partition coefficient (Wildman–Crippen LogP) is 2.43. The second kappa shape index (κ2) is 7.37. The summed E-state index contributed by atoms with van der Waals surface area (Å²) in [6.45, 7) is 5.24. The van der Waals surface area contributed by atoms with Crippen molar-refractivity contribution in [2.24, 2.45) is 5.92 Å². The van der Waals surface area contributed by atoms with Crippen LogP contribution in [0.4, 0.5) is 0 Å². The van der Waals surface area contributed by atoms with Gasteiger partial charge in [-0.1, -0.05) is 12.1 Å². The fraction of sp³-hybridized carbons (Fsp3) is 0.474. The lowest BCUT2D eigenvalue weighted by atomic mass is 9.94. The Balaban J connectivity index is 1.64. The molecule has 1 aliphatic heterocycles. The molecule has 0 unspecified atom stereocenters. The molecule has 0 radical (unpaired) electrons. The van der Waals surface area contributed by atoms with Crippen LogP contribution in [-0.4, -0.2) is 54.6 Å². The first-order chi connectivity index (χ1) is 12.7. The predicted molar refractivity (Wildman–Crippen MR) is 100.0 cm³/mol. The van der Waals surface area contributed by atoms with Gasteiger partial charge in [0.1, 0.15) is 12.7 Å². The number of hydrogen-bond donors (Lipinski definition) is 0. The molecule has 136 valence electrons. The Hall–Kier alpha value is -2.54. The van der Waals surface area contributed by atoms with Gasteiger partial charge in [0.15, 0.2) is 11.6 Å². The summed E-state index contributed by atoms with van der Waals surface area (Å²) in [5, 5.41) is 9.07. The molecule has 0 aliphatic carbocycles. The van der Waals surface area contributed by atoms with E-state index in [4.69, 9.17) is 10.1 Å². The molecule has 2 aromatic heterocycles. The second-order valence-corrected chi connectivity index (χ2v) is 6.98. The van der Waals surface area contributed by atoms with Crippen molar-refractivity contribution in [2.45, 2.75) is 32.7 Å². The number of piperidine rings is 1. The van der Waals surface area contributed by atoms with Gasteiger partial charge in [0, 0.05) is 18.5 Å². The zero-order chi connectivity index (χ0) is 17.9. The fourth-order valence-corrected chi connectivity index (χ4v) is 3.61. The molecule has 7 nitrogen and oxygen atoms in total. The Labute approximate surface area is 153 Å². The van der Waals surface area contributed by atoms with Crippen LogP contribution < -0.4 is 0 Å². The summed E-state index contributed by atoms with van der Waals surface area (Å²) in [6.07, 6.45) is 6.67. The maximum absolute atomic E-state index is 4.91. The summed E-state index contributed by atoms with van der Waals surface area (Å²) >= 11 is 0. The van der Waals surface area contributed by atoms with Gasteiger partial charge in [-0.2, -0.15) is 10.2 Å². The fourth-order valence-electron chi connectivity index (χ4n) is 3.61. The number of para-hydroxylation sites is 1. The smallest absolute Gasteiger partial charge is 0.160 e.